The fourth-order valence-electron chi connectivity index (χ4n) is 1.46. The molecule has 2 nitrogen and oxygen atoms in total. The lowest BCUT2D eigenvalue weighted by molar-refractivity contribution is 0.410. The largest absolute Gasteiger partial charge is 0.364 e. The summed E-state index contributed by atoms with van der Waals surface area (Å²) in [5, 5.41) is 4.07. The number of rotatable bonds is 1. The van der Waals surface area contributed by atoms with E-state index in [1.54, 1.807) is 6.26 Å². The third kappa shape index (κ3) is 1.26. The Bertz CT molecular complexity index is 278. The minimum Gasteiger partial charge on any atom is -0.364 e. The van der Waals surface area contributed by atoms with E-state index >= 15 is 0 Å². The third-order valence-electron chi connectivity index (χ3n) is 2.37. The highest BCUT2D eigenvalue weighted by Gasteiger charge is 2.32. The molecule has 0 N–H and O–H groups in total. The van der Waals surface area contributed by atoms with Crippen LogP contribution in [0.15, 0.2) is 10.8 Å². The molecule has 0 radical (unpaired) electrons. The first-order chi connectivity index (χ1) is 5.59. The average molecular weight is 165 g/mol. The second-order valence-electron chi connectivity index (χ2n) is 4.64. The summed E-state index contributed by atoms with van der Waals surface area (Å²) in [7, 11) is 0. The molecule has 0 aliphatic heterocycles. The maximum atomic E-state index is 5.02. The van der Waals surface area contributed by atoms with Crippen molar-refractivity contribution in [1.82, 2.24) is 5.16 Å². The Morgan fingerprint density at radius 2 is 2.08 bits per heavy atom. The molecule has 0 unspecified atom stereocenters. The number of hydrogen-bond acceptors (Lipinski definition) is 2. The molecule has 1 aromatic heterocycles. The molecule has 2 heteroatoms. The first kappa shape index (κ1) is 7.84. The highest BCUT2D eigenvalue weighted by molar-refractivity contribution is 5.28. The molecule has 66 valence electrons. The van der Waals surface area contributed by atoms with E-state index in [-0.39, 0.29) is 5.41 Å². The summed E-state index contributed by atoms with van der Waals surface area (Å²) in [6, 6.07) is 0. The van der Waals surface area contributed by atoms with Crippen LogP contribution in [0.2, 0.25) is 0 Å². The van der Waals surface area contributed by atoms with Gasteiger partial charge in [-0.1, -0.05) is 25.9 Å². The molecule has 1 fully saturated rings. The average Bonchev–Trinajstić information content (AvgIpc) is 2.65. The predicted octanol–water partition coefficient (Wildman–Crippen LogP) is 2.85. The van der Waals surface area contributed by atoms with E-state index < -0.39 is 0 Å². The lowest BCUT2D eigenvalue weighted by atomic mass is 9.86. The summed E-state index contributed by atoms with van der Waals surface area (Å²) in [6.45, 7) is 6.60. The normalized spacial score (nSPS) is 18.2. The fourth-order valence-corrected chi connectivity index (χ4v) is 1.46. The molecule has 0 spiro atoms. The molecule has 1 saturated carbocycles. The smallest absolute Gasteiger partial charge is 0.127 e. The summed E-state index contributed by atoms with van der Waals surface area (Å²) in [4.78, 5) is 0. The van der Waals surface area contributed by atoms with E-state index in [0.717, 1.165) is 0 Å². The van der Waals surface area contributed by atoms with Crippen LogP contribution in [0.3, 0.4) is 0 Å². The maximum Gasteiger partial charge on any atom is 0.127 e. The fraction of sp³-hybridized carbons (Fsp3) is 0.700. The maximum absolute atomic E-state index is 5.02. The monoisotopic (exact) mass is 165 g/mol. The van der Waals surface area contributed by atoms with E-state index in [2.05, 4.69) is 25.9 Å². The SMILES string of the molecule is CC(C)(C)c1conc1C1CC1. The molecule has 1 heterocycles. The number of hydrogen-bond donors (Lipinski definition) is 0. The minimum absolute atomic E-state index is 0.178. The van der Waals surface area contributed by atoms with Gasteiger partial charge in [-0.3, -0.25) is 0 Å². The molecule has 1 aromatic rings. The van der Waals surface area contributed by atoms with Gasteiger partial charge in [-0.25, -0.2) is 0 Å². The van der Waals surface area contributed by atoms with Crippen LogP contribution in [-0.2, 0) is 5.41 Å². The summed E-state index contributed by atoms with van der Waals surface area (Å²) < 4.78 is 5.02. The van der Waals surface area contributed by atoms with E-state index in [1.165, 1.54) is 24.1 Å². The second kappa shape index (κ2) is 2.35. The van der Waals surface area contributed by atoms with Gasteiger partial charge in [0.05, 0.1) is 5.69 Å². The molecule has 0 aromatic carbocycles. The summed E-state index contributed by atoms with van der Waals surface area (Å²) in [5.74, 6) is 0.693. The van der Waals surface area contributed by atoms with Crippen LogP contribution in [-0.4, -0.2) is 5.16 Å². The van der Waals surface area contributed by atoms with E-state index in [0.29, 0.717) is 5.92 Å². The van der Waals surface area contributed by atoms with Crippen molar-refractivity contribution in [1.29, 1.82) is 0 Å². The minimum atomic E-state index is 0.178. The Morgan fingerprint density at radius 1 is 1.42 bits per heavy atom. The van der Waals surface area contributed by atoms with Crippen LogP contribution in [0.4, 0.5) is 0 Å². The Kier molecular flexibility index (Phi) is 1.53. The van der Waals surface area contributed by atoms with Gasteiger partial charge < -0.3 is 4.52 Å². The van der Waals surface area contributed by atoms with Crippen molar-refractivity contribution in [2.24, 2.45) is 0 Å². The van der Waals surface area contributed by atoms with Crippen molar-refractivity contribution in [2.75, 3.05) is 0 Å². The molecular formula is C10H15NO. The summed E-state index contributed by atoms with van der Waals surface area (Å²) >= 11 is 0. The zero-order chi connectivity index (χ0) is 8.77. The lowest BCUT2D eigenvalue weighted by Crippen LogP contribution is -2.12. The Balaban J connectivity index is 2.36. The highest BCUT2D eigenvalue weighted by atomic mass is 16.5. The number of aromatic nitrogens is 1. The highest BCUT2D eigenvalue weighted by Crippen LogP contribution is 2.43. The van der Waals surface area contributed by atoms with Crippen molar-refractivity contribution in [2.45, 2.75) is 44.9 Å². The second-order valence-corrected chi connectivity index (χ2v) is 4.64. The third-order valence-corrected chi connectivity index (χ3v) is 2.37. The van der Waals surface area contributed by atoms with Crippen molar-refractivity contribution >= 4 is 0 Å². The molecule has 0 atom stereocenters. The molecule has 12 heavy (non-hydrogen) atoms. The molecule has 0 saturated heterocycles. The van der Waals surface area contributed by atoms with Crippen molar-refractivity contribution in [3.8, 4) is 0 Å². The molecule has 2 rings (SSSR count). The first-order valence-electron chi connectivity index (χ1n) is 4.54. The lowest BCUT2D eigenvalue weighted by Gasteiger charge is -2.16. The van der Waals surface area contributed by atoms with Crippen LogP contribution in [0.1, 0.15) is 50.8 Å². The Morgan fingerprint density at radius 3 is 2.58 bits per heavy atom. The van der Waals surface area contributed by atoms with Gasteiger partial charge in [0.1, 0.15) is 6.26 Å². The van der Waals surface area contributed by atoms with Gasteiger partial charge in [0.15, 0.2) is 0 Å². The van der Waals surface area contributed by atoms with Gasteiger partial charge in [-0.2, -0.15) is 0 Å². The van der Waals surface area contributed by atoms with Gasteiger partial charge >= 0.3 is 0 Å². The molecular weight excluding hydrogens is 150 g/mol. The van der Waals surface area contributed by atoms with Crippen LogP contribution in [0.25, 0.3) is 0 Å². The van der Waals surface area contributed by atoms with Crippen molar-refractivity contribution in [3.05, 3.63) is 17.5 Å². The van der Waals surface area contributed by atoms with Crippen LogP contribution < -0.4 is 0 Å². The Labute approximate surface area is 72.9 Å². The van der Waals surface area contributed by atoms with Crippen molar-refractivity contribution in [3.63, 3.8) is 0 Å². The van der Waals surface area contributed by atoms with Crippen LogP contribution in [0, 0.1) is 0 Å². The van der Waals surface area contributed by atoms with E-state index in [1.807, 2.05) is 0 Å². The van der Waals surface area contributed by atoms with Crippen LogP contribution >= 0.6 is 0 Å². The van der Waals surface area contributed by atoms with Gasteiger partial charge in [-0.05, 0) is 18.3 Å². The zero-order valence-corrected chi connectivity index (χ0v) is 7.92. The molecule has 0 bridgehead atoms. The van der Waals surface area contributed by atoms with Gasteiger partial charge in [0.25, 0.3) is 0 Å². The molecule has 1 aliphatic rings. The first-order valence-corrected chi connectivity index (χ1v) is 4.54. The van der Waals surface area contributed by atoms with Gasteiger partial charge in [-0.15, -0.1) is 0 Å². The summed E-state index contributed by atoms with van der Waals surface area (Å²) in [5.41, 5.74) is 2.66. The zero-order valence-electron chi connectivity index (χ0n) is 7.92. The predicted molar refractivity (Wildman–Crippen MR) is 47.2 cm³/mol. The van der Waals surface area contributed by atoms with Gasteiger partial charge in [0, 0.05) is 11.5 Å². The standard InChI is InChI=1S/C10H15NO/c1-10(2,3)8-6-12-11-9(8)7-4-5-7/h6-7H,4-5H2,1-3H3. The Hall–Kier alpha value is -0.790. The topological polar surface area (TPSA) is 26.0 Å². The molecule has 0 amide bonds. The van der Waals surface area contributed by atoms with Crippen molar-refractivity contribution < 1.29 is 4.52 Å². The van der Waals surface area contributed by atoms with Crippen LogP contribution in [0.5, 0.6) is 0 Å². The van der Waals surface area contributed by atoms with E-state index in [9.17, 15) is 0 Å². The van der Waals surface area contributed by atoms with E-state index in [4.69, 9.17) is 4.52 Å². The quantitative estimate of drug-likeness (QED) is 0.639. The summed E-state index contributed by atoms with van der Waals surface area (Å²) in [6.07, 6.45) is 4.37. The number of nitrogens with zero attached hydrogens (tertiary/aromatic N) is 1. The molecule has 1 aliphatic carbocycles. The van der Waals surface area contributed by atoms with Gasteiger partial charge in [0.2, 0.25) is 0 Å².